The van der Waals surface area contributed by atoms with E-state index in [-0.39, 0.29) is 5.78 Å². The first-order valence-electron chi connectivity index (χ1n) is 6.12. The molecule has 20 heavy (non-hydrogen) atoms. The molecule has 0 amide bonds. The molecule has 0 saturated carbocycles. The van der Waals surface area contributed by atoms with Crippen molar-refractivity contribution < 1.29 is 23.9 Å². The summed E-state index contributed by atoms with van der Waals surface area (Å²) in [6.07, 6.45) is 0. The van der Waals surface area contributed by atoms with Crippen molar-refractivity contribution >= 4 is 17.7 Å². The summed E-state index contributed by atoms with van der Waals surface area (Å²) in [5.74, 6) is -1.31. The van der Waals surface area contributed by atoms with Crippen LogP contribution in [0.4, 0.5) is 0 Å². The second-order valence-electron chi connectivity index (χ2n) is 4.95. The molecule has 0 heterocycles. The normalized spacial score (nSPS) is 10.8. The maximum atomic E-state index is 12.4. The number of methoxy groups -OCH3 is 1. The summed E-state index contributed by atoms with van der Waals surface area (Å²) in [6, 6.07) is 4.62. The highest BCUT2D eigenvalue weighted by Crippen LogP contribution is 2.21. The van der Waals surface area contributed by atoms with Crippen molar-refractivity contribution in [3.05, 3.63) is 34.9 Å². The summed E-state index contributed by atoms with van der Waals surface area (Å²) in [6.45, 7) is 6.03. The topological polar surface area (TPSA) is 69.7 Å². The van der Waals surface area contributed by atoms with Crippen molar-refractivity contribution in [1.29, 1.82) is 0 Å². The van der Waals surface area contributed by atoms with Gasteiger partial charge in [-0.2, -0.15) is 0 Å². The second kappa shape index (κ2) is 5.86. The minimum atomic E-state index is -1.25. The molecule has 0 unspecified atom stereocenters. The van der Waals surface area contributed by atoms with Crippen LogP contribution >= 0.6 is 0 Å². The minimum absolute atomic E-state index is 0.318. The number of hydrogen-bond donors (Lipinski definition) is 0. The Morgan fingerprint density at radius 3 is 2.20 bits per heavy atom. The number of ether oxygens (including phenoxy) is 2. The van der Waals surface area contributed by atoms with Crippen LogP contribution in [0.1, 0.15) is 47.1 Å². The molecular formula is C15H18O5. The first kappa shape index (κ1) is 15.9. The van der Waals surface area contributed by atoms with Gasteiger partial charge in [0.25, 0.3) is 0 Å². The molecule has 0 bridgehead atoms. The summed E-state index contributed by atoms with van der Waals surface area (Å²) >= 11 is 0. The van der Waals surface area contributed by atoms with Gasteiger partial charge < -0.3 is 9.47 Å². The Hall–Kier alpha value is -2.17. The van der Waals surface area contributed by atoms with Crippen molar-refractivity contribution in [2.75, 3.05) is 7.11 Å². The third kappa shape index (κ3) is 3.44. The monoisotopic (exact) mass is 278 g/mol. The maximum Gasteiger partial charge on any atom is 0.337 e. The number of aryl methyl sites for hydroxylation is 1. The van der Waals surface area contributed by atoms with E-state index in [1.807, 2.05) is 0 Å². The Morgan fingerprint density at radius 1 is 1.15 bits per heavy atom. The van der Waals surface area contributed by atoms with Crippen LogP contribution in [0.2, 0.25) is 0 Å². The van der Waals surface area contributed by atoms with Crippen molar-refractivity contribution in [1.82, 2.24) is 0 Å². The molecule has 0 aliphatic carbocycles. The Labute approximate surface area is 117 Å². The fraction of sp³-hybridized carbons (Fsp3) is 0.400. The van der Waals surface area contributed by atoms with E-state index >= 15 is 0 Å². The van der Waals surface area contributed by atoms with Crippen LogP contribution in [0, 0.1) is 6.92 Å². The molecule has 5 nitrogen and oxygen atoms in total. The molecule has 0 fully saturated rings. The van der Waals surface area contributed by atoms with E-state index < -0.39 is 17.5 Å². The van der Waals surface area contributed by atoms with E-state index in [9.17, 15) is 14.4 Å². The van der Waals surface area contributed by atoms with Gasteiger partial charge in [0, 0.05) is 12.5 Å². The van der Waals surface area contributed by atoms with Crippen molar-refractivity contribution in [3.8, 4) is 0 Å². The average Bonchev–Trinajstić information content (AvgIpc) is 2.35. The second-order valence-corrected chi connectivity index (χ2v) is 4.95. The highest BCUT2D eigenvalue weighted by molar-refractivity contribution is 6.04. The summed E-state index contributed by atoms with van der Waals surface area (Å²) in [5.41, 5.74) is 0.150. The molecule has 1 aromatic carbocycles. The molecule has 1 aromatic rings. The van der Waals surface area contributed by atoms with Gasteiger partial charge in [0.05, 0.1) is 12.7 Å². The minimum Gasteiger partial charge on any atom is -0.465 e. The van der Waals surface area contributed by atoms with Crippen LogP contribution in [-0.2, 0) is 14.3 Å². The van der Waals surface area contributed by atoms with Gasteiger partial charge >= 0.3 is 11.9 Å². The lowest BCUT2D eigenvalue weighted by Crippen LogP contribution is -2.37. The van der Waals surface area contributed by atoms with Crippen molar-refractivity contribution in [2.24, 2.45) is 0 Å². The Kier molecular flexibility index (Phi) is 4.65. The number of benzene rings is 1. The molecule has 0 atom stereocenters. The number of hydrogen-bond acceptors (Lipinski definition) is 5. The first-order chi connectivity index (χ1) is 9.19. The van der Waals surface area contributed by atoms with E-state index in [1.54, 1.807) is 13.0 Å². The standard InChI is InChI=1S/C15H18O5/c1-9-8-11(14(18)19-5)6-7-12(9)13(17)15(3,4)20-10(2)16/h6-8H,1-5H3. The van der Waals surface area contributed by atoms with E-state index in [4.69, 9.17) is 4.74 Å². The molecule has 5 heteroatoms. The zero-order valence-electron chi connectivity index (χ0n) is 12.3. The van der Waals surface area contributed by atoms with Gasteiger partial charge in [0.2, 0.25) is 5.78 Å². The summed E-state index contributed by atoms with van der Waals surface area (Å²) in [4.78, 5) is 34.8. The van der Waals surface area contributed by atoms with Crippen LogP contribution in [0.5, 0.6) is 0 Å². The van der Waals surface area contributed by atoms with Crippen molar-refractivity contribution in [2.45, 2.75) is 33.3 Å². The Balaban J connectivity index is 3.12. The molecule has 0 radical (unpaired) electrons. The molecule has 0 aromatic heterocycles. The molecule has 0 aliphatic heterocycles. The zero-order chi connectivity index (χ0) is 15.5. The number of esters is 2. The Bertz CT molecular complexity index is 557. The lowest BCUT2D eigenvalue weighted by Gasteiger charge is -2.23. The number of carbonyl (C=O) groups is 3. The van der Waals surface area contributed by atoms with Gasteiger partial charge in [-0.05, 0) is 38.5 Å². The highest BCUT2D eigenvalue weighted by Gasteiger charge is 2.32. The van der Waals surface area contributed by atoms with Crippen LogP contribution in [-0.4, -0.2) is 30.4 Å². The average molecular weight is 278 g/mol. The van der Waals surface area contributed by atoms with E-state index in [0.717, 1.165) is 0 Å². The SMILES string of the molecule is COC(=O)c1ccc(C(=O)C(C)(C)OC(C)=O)c(C)c1. The van der Waals surface area contributed by atoms with Crippen molar-refractivity contribution in [3.63, 3.8) is 0 Å². The van der Waals surface area contributed by atoms with Gasteiger partial charge in [0.1, 0.15) is 0 Å². The van der Waals surface area contributed by atoms with E-state index in [0.29, 0.717) is 16.7 Å². The molecule has 1 rings (SSSR count). The van der Waals surface area contributed by atoms with Gasteiger partial charge in [-0.3, -0.25) is 9.59 Å². The lowest BCUT2D eigenvalue weighted by molar-refractivity contribution is -0.149. The quantitative estimate of drug-likeness (QED) is 0.624. The molecule has 0 spiro atoms. The number of Topliss-reactive ketones (excluding diaryl/α,β-unsaturated/α-hetero) is 1. The summed E-state index contributed by atoms with van der Waals surface area (Å²) < 4.78 is 9.65. The fourth-order valence-corrected chi connectivity index (χ4v) is 1.89. The molecule has 108 valence electrons. The van der Waals surface area contributed by atoms with Crippen LogP contribution < -0.4 is 0 Å². The van der Waals surface area contributed by atoms with Crippen LogP contribution in [0.15, 0.2) is 18.2 Å². The summed E-state index contributed by atoms with van der Waals surface area (Å²) in [7, 11) is 1.29. The molecule has 0 aliphatic rings. The van der Waals surface area contributed by atoms with Gasteiger partial charge in [-0.1, -0.05) is 6.07 Å². The molecular weight excluding hydrogens is 260 g/mol. The smallest absolute Gasteiger partial charge is 0.337 e. The maximum absolute atomic E-state index is 12.4. The number of ketones is 1. The molecule has 0 N–H and O–H groups in total. The lowest BCUT2D eigenvalue weighted by atomic mass is 9.92. The van der Waals surface area contributed by atoms with Crippen LogP contribution in [0.25, 0.3) is 0 Å². The predicted molar refractivity (Wildman–Crippen MR) is 72.7 cm³/mol. The third-order valence-corrected chi connectivity index (χ3v) is 2.84. The zero-order valence-corrected chi connectivity index (χ0v) is 12.3. The Morgan fingerprint density at radius 2 is 1.75 bits per heavy atom. The fourth-order valence-electron chi connectivity index (χ4n) is 1.89. The first-order valence-corrected chi connectivity index (χ1v) is 6.12. The largest absolute Gasteiger partial charge is 0.465 e. The highest BCUT2D eigenvalue weighted by atomic mass is 16.6. The molecule has 0 saturated heterocycles. The third-order valence-electron chi connectivity index (χ3n) is 2.84. The summed E-state index contributed by atoms with van der Waals surface area (Å²) in [5, 5.41) is 0. The number of carbonyl (C=O) groups excluding carboxylic acids is 3. The predicted octanol–water partition coefficient (Wildman–Crippen LogP) is 2.31. The number of rotatable bonds is 4. The van der Waals surface area contributed by atoms with Gasteiger partial charge in [-0.15, -0.1) is 0 Å². The van der Waals surface area contributed by atoms with E-state index in [1.165, 1.54) is 40.0 Å². The van der Waals surface area contributed by atoms with Gasteiger partial charge in [-0.25, -0.2) is 4.79 Å². The van der Waals surface area contributed by atoms with E-state index in [2.05, 4.69) is 4.74 Å². The van der Waals surface area contributed by atoms with Crippen LogP contribution in [0.3, 0.4) is 0 Å². The van der Waals surface area contributed by atoms with Gasteiger partial charge in [0.15, 0.2) is 5.60 Å².